The standard InChI is InChI=1S/C35H51NO10/c1-32(2)17-20(11-14-46-32)25(16-29(41)42)36-28(40)7-8-30(43)45-19-27(39)35(44)13-10-24-23-6-5-21-15-22(37)9-12-33(21,3)31(23)26(38)18-34(24,35)4/h15,20,23-26,31,38,44H,5-14,16-19H2,1-4H3,(H,36,40)(H,41,42)/t20-,23+,24-,25+,26+,31-,33+,34+,35+/m1/s1. The first-order valence-electron chi connectivity index (χ1n) is 17.0. The Bertz CT molecular complexity index is 1290. The normalized spacial score (nSPS) is 38.8. The summed E-state index contributed by atoms with van der Waals surface area (Å²) in [5, 5.41) is 35.6. The third kappa shape index (κ3) is 6.43. The maximum absolute atomic E-state index is 13.5. The van der Waals surface area contributed by atoms with Crippen LogP contribution in [0.3, 0.4) is 0 Å². The van der Waals surface area contributed by atoms with Gasteiger partial charge in [0.25, 0.3) is 0 Å². The highest BCUT2D eigenvalue weighted by Gasteiger charge is 2.68. The summed E-state index contributed by atoms with van der Waals surface area (Å²) < 4.78 is 11.0. The number of rotatable bonds is 10. The molecule has 11 nitrogen and oxygen atoms in total. The number of hydrogen-bond donors (Lipinski definition) is 4. The van der Waals surface area contributed by atoms with E-state index in [9.17, 15) is 39.3 Å². The SMILES string of the molecule is CC1(C)C[C@H]([C@H](CC(=O)O)NC(=O)CCC(=O)OCC(=O)[C@@]2(O)CC[C@@H]3[C@@H]4CCC5=CC(=O)CC[C@]5(C)[C@H]4[C@@H](O)C[C@@]32C)CCO1. The van der Waals surface area contributed by atoms with Gasteiger partial charge >= 0.3 is 11.9 Å². The van der Waals surface area contributed by atoms with Crippen LogP contribution in [0, 0.1) is 34.5 Å². The minimum atomic E-state index is -1.76. The van der Waals surface area contributed by atoms with Gasteiger partial charge < -0.3 is 30.1 Å². The second-order valence-corrected chi connectivity index (χ2v) is 15.7. The fourth-order valence-corrected chi connectivity index (χ4v) is 10.1. The summed E-state index contributed by atoms with van der Waals surface area (Å²) in [6, 6.07) is -0.600. The molecule has 11 heteroatoms. The average Bonchev–Trinajstić information content (AvgIpc) is 3.24. The van der Waals surface area contributed by atoms with Gasteiger partial charge in [-0.1, -0.05) is 19.4 Å². The van der Waals surface area contributed by atoms with Gasteiger partial charge in [0.05, 0.1) is 24.5 Å². The minimum absolute atomic E-state index is 0.00491. The number of fused-ring (bicyclic) bond motifs is 5. The van der Waals surface area contributed by atoms with E-state index in [1.165, 1.54) is 0 Å². The second-order valence-electron chi connectivity index (χ2n) is 15.7. The molecule has 9 atom stereocenters. The van der Waals surface area contributed by atoms with Crippen molar-refractivity contribution < 1.29 is 48.8 Å². The number of aliphatic hydroxyl groups is 2. The molecule has 1 amide bonds. The van der Waals surface area contributed by atoms with Crippen molar-refractivity contribution in [3.05, 3.63) is 11.6 Å². The number of ketones is 2. The summed E-state index contributed by atoms with van der Waals surface area (Å²) in [4.78, 5) is 62.5. The lowest BCUT2D eigenvalue weighted by Crippen LogP contribution is -2.62. The first kappa shape index (κ1) is 34.7. The van der Waals surface area contributed by atoms with Crippen LogP contribution < -0.4 is 5.32 Å². The zero-order valence-electron chi connectivity index (χ0n) is 27.6. The van der Waals surface area contributed by atoms with E-state index in [1.54, 1.807) is 6.08 Å². The first-order valence-corrected chi connectivity index (χ1v) is 17.0. The van der Waals surface area contributed by atoms with E-state index >= 15 is 0 Å². The third-order valence-corrected chi connectivity index (χ3v) is 12.5. The molecule has 0 radical (unpaired) electrons. The lowest BCUT2D eigenvalue weighted by atomic mass is 9.45. The number of Topliss-reactive ketones (excluding diaryl/α,β-unsaturated/α-hetero) is 1. The molecule has 1 saturated heterocycles. The van der Waals surface area contributed by atoms with E-state index in [2.05, 4.69) is 12.2 Å². The molecule has 3 saturated carbocycles. The molecule has 5 rings (SSSR count). The number of ether oxygens (including phenoxy) is 2. The molecule has 256 valence electrons. The summed E-state index contributed by atoms with van der Waals surface area (Å²) in [7, 11) is 0. The molecule has 0 spiro atoms. The summed E-state index contributed by atoms with van der Waals surface area (Å²) in [5.41, 5.74) is -2.24. The number of carboxylic acid groups (broad SMARTS) is 1. The number of aliphatic hydroxyl groups excluding tert-OH is 1. The van der Waals surface area contributed by atoms with Crippen molar-refractivity contribution >= 4 is 29.4 Å². The zero-order chi connectivity index (χ0) is 33.7. The summed E-state index contributed by atoms with van der Waals surface area (Å²) >= 11 is 0. The molecule has 0 aromatic heterocycles. The Hall–Kier alpha value is -2.63. The number of carboxylic acids is 1. The summed E-state index contributed by atoms with van der Waals surface area (Å²) in [5.74, 6) is -2.75. The fraction of sp³-hybridized carbons (Fsp3) is 0.800. The van der Waals surface area contributed by atoms with Crippen molar-refractivity contribution in [1.82, 2.24) is 5.32 Å². The quantitative estimate of drug-likeness (QED) is 0.258. The number of aliphatic carboxylic acids is 1. The molecule has 0 aromatic rings. The van der Waals surface area contributed by atoms with Gasteiger partial charge in [0.2, 0.25) is 11.7 Å². The Balaban J connectivity index is 1.16. The lowest BCUT2D eigenvalue weighted by Gasteiger charge is -2.60. The van der Waals surface area contributed by atoms with Gasteiger partial charge in [-0.25, -0.2) is 0 Å². The van der Waals surface area contributed by atoms with Crippen LogP contribution in [0.25, 0.3) is 0 Å². The molecule has 46 heavy (non-hydrogen) atoms. The van der Waals surface area contributed by atoms with E-state index < -0.39 is 59.0 Å². The molecular weight excluding hydrogens is 594 g/mol. The average molecular weight is 646 g/mol. The van der Waals surface area contributed by atoms with Gasteiger partial charge in [-0.2, -0.15) is 0 Å². The molecule has 4 N–H and O–H groups in total. The van der Waals surface area contributed by atoms with Gasteiger partial charge in [-0.05, 0) is 100 Å². The predicted octanol–water partition coefficient (Wildman–Crippen LogP) is 3.28. The summed E-state index contributed by atoms with van der Waals surface area (Å²) in [6.07, 6.45) is 5.27. The van der Waals surface area contributed by atoms with Crippen LogP contribution in [-0.4, -0.2) is 81.3 Å². The van der Waals surface area contributed by atoms with Crippen molar-refractivity contribution in [2.75, 3.05) is 13.2 Å². The Morgan fingerprint density at radius 1 is 1.04 bits per heavy atom. The molecule has 5 aliphatic rings. The number of esters is 1. The van der Waals surface area contributed by atoms with Crippen LogP contribution in [0.5, 0.6) is 0 Å². The van der Waals surface area contributed by atoms with Gasteiger partial charge in [0.1, 0.15) is 5.60 Å². The highest BCUT2D eigenvalue weighted by molar-refractivity contribution is 5.92. The van der Waals surface area contributed by atoms with Gasteiger partial charge in [0.15, 0.2) is 12.4 Å². The molecule has 0 unspecified atom stereocenters. The lowest BCUT2D eigenvalue weighted by molar-refractivity contribution is -0.184. The highest BCUT2D eigenvalue weighted by atomic mass is 16.5. The smallest absolute Gasteiger partial charge is 0.306 e. The topological polar surface area (TPSA) is 177 Å². The minimum Gasteiger partial charge on any atom is -0.481 e. The monoisotopic (exact) mass is 645 g/mol. The second kappa shape index (κ2) is 12.8. The van der Waals surface area contributed by atoms with Crippen molar-refractivity contribution in [3.8, 4) is 0 Å². The van der Waals surface area contributed by atoms with Crippen LogP contribution >= 0.6 is 0 Å². The maximum Gasteiger partial charge on any atom is 0.306 e. The number of carbonyl (C=O) groups excluding carboxylic acids is 4. The van der Waals surface area contributed by atoms with Crippen LogP contribution in [0.4, 0.5) is 0 Å². The predicted molar refractivity (Wildman–Crippen MR) is 165 cm³/mol. The van der Waals surface area contributed by atoms with Gasteiger partial charge in [0, 0.05) is 30.9 Å². The van der Waals surface area contributed by atoms with Crippen LogP contribution in [-0.2, 0) is 33.4 Å². The Morgan fingerprint density at radius 2 is 1.78 bits per heavy atom. The Morgan fingerprint density at radius 3 is 2.48 bits per heavy atom. The van der Waals surface area contributed by atoms with Crippen molar-refractivity contribution in [3.63, 3.8) is 0 Å². The Kier molecular flexibility index (Phi) is 9.63. The number of nitrogens with one attached hydrogen (secondary N) is 1. The van der Waals surface area contributed by atoms with E-state index in [1.807, 2.05) is 20.8 Å². The molecule has 0 aromatic carbocycles. The fourth-order valence-electron chi connectivity index (χ4n) is 10.1. The van der Waals surface area contributed by atoms with Gasteiger partial charge in [-0.3, -0.25) is 24.0 Å². The highest BCUT2D eigenvalue weighted by Crippen LogP contribution is 2.67. The van der Waals surface area contributed by atoms with E-state index in [4.69, 9.17) is 9.47 Å². The van der Waals surface area contributed by atoms with Crippen molar-refractivity contribution in [2.24, 2.45) is 34.5 Å². The third-order valence-electron chi connectivity index (χ3n) is 12.5. The molecule has 0 bridgehead atoms. The summed E-state index contributed by atoms with van der Waals surface area (Å²) in [6.45, 7) is 7.72. The first-order chi connectivity index (χ1) is 21.5. The molecule has 4 aliphatic carbocycles. The van der Waals surface area contributed by atoms with E-state index in [0.717, 1.165) is 18.4 Å². The zero-order valence-corrected chi connectivity index (χ0v) is 27.6. The Labute approximate surface area is 270 Å². The molecule has 4 fully saturated rings. The van der Waals surface area contributed by atoms with Crippen LogP contribution in [0.2, 0.25) is 0 Å². The van der Waals surface area contributed by atoms with Crippen molar-refractivity contribution in [1.29, 1.82) is 0 Å². The number of hydrogen-bond acceptors (Lipinski definition) is 9. The van der Waals surface area contributed by atoms with Crippen molar-refractivity contribution in [2.45, 2.75) is 128 Å². The van der Waals surface area contributed by atoms with Crippen LogP contribution in [0.15, 0.2) is 11.6 Å². The number of carbonyl (C=O) groups is 5. The molecular formula is C35H51NO10. The van der Waals surface area contributed by atoms with E-state index in [-0.39, 0.29) is 67.0 Å². The maximum atomic E-state index is 13.5. The largest absolute Gasteiger partial charge is 0.481 e. The number of allylic oxidation sites excluding steroid dienone is 1. The van der Waals surface area contributed by atoms with E-state index in [0.29, 0.717) is 38.7 Å². The molecule has 1 heterocycles. The molecule has 1 aliphatic heterocycles. The number of amides is 1. The van der Waals surface area contributed by atoms with Crippen LogP contribution in [0.1, 0.15) is 105 Å². The van der Waals surface area contributed by atoms with Gasteiger partial charge in [-0.15, -0.1) is 0 Å².